The van der Waals surface area contributed by atoms with Gasteiger partial charge in [0, 0.05) is 44.4 Å². The van der Waals surface area contributed by atoms with Crippen LogP contribution < -0.4 is 4.74 Å². The zero-order valence-electron chi connectivity index (χ0n) is 21.9. The summed E-state index contributed by atoms with van der Waals surface area (Å²) in [6.07, 6.45) is 0. The van der Waals surface area contributed by atoms with Crippen LogP contribution in [0.2, 0.25) is 20.1 Å². The molecule has 0 aromatic heterocycles. The van der Waals surface area contributed by atoms with Crippen LogP contribution in [0.25, 0.3) is 22.3 Å². The number of hydrogen-bond acceptors (Lipinski definition) is 9. The monoisotopic (exact) mass is 664 g/mol. The van der Waals surface area contributed by atoms with Crippen molar-refractivity contribution in [3.8, 4) is 33.8 Å². The van der Waals surface area contributed by atoms with Gasteiger partial charge >= 0.3 is 11.9 Å². The van der Waals surface area contributed by atoms with Gasteiger partial charge in [0.05, 0.1) is 34.1 Å². The first-order valence-electron chi connectivity index (χ1n) is 11.8. The second-order valence-corrected chi connectivity index (χ2v) is 10.2. The summed E-state index contributed by atoms with van der Waals surface area (Å²) in [7, 11) is 2.07. The van der Waals surface area contributed by atoms with Crippen LogP contribution in [0.3, 0.4) is 0 Å². The van der Waals surface area contributed by atoms with E-state index in [-0.39, 0.29) is 53.8 Å². The lowest BCUT2D eigenvalue weighted by Crippen LogP contribution is -2.11. The summed E-state index contributed by atoms with van der Waals surface area (Å²) in [5, 5.41) is 24.4. The number of carbonyl (C=O) groups is 2. The van der Waals surface area contributed by atoms with Gasteiger partial charge in [0.2, 0.25) is 0 Å². The van der Waals surface area contributed by atoms with E-state index in [4.69, 9.17) is 60.6 Å². The van der Waals surface area contributed by atoms with Crippen molar-refractivity contribution in [2.24, 2.45) is 0 Å². The van der Waals surface area contributed by atoms with Gasteiger partial charge in [0.15, 0.2) is 0 Å². The average molecular weight is 666 g/mol. The normalized spacial score (nSPS) is 10.7. The van der Waals surface area contributed by atoms with Gasteiger partial charge < -0.3 is 14.2 Å². The minimum absolute atomic E-state index is 0.00270. The smallest absolute Gasteiger partial charge is 0.345 e. The highest BCUT2D eigenvalue weighted by atomic mass is 35.5. The van der Waals surface area contributed by atoms with Crippen molar-refractivity contribution in [3.63, 3.8) is 0 Å². The number of hydrogen-bond donors (Lipinski definition) is 0. The van der Waals surface area contributed by atoms with Crippen LogP contribution in [0.4, 0.5) is 11.4 Å². The van der Waals surface area contributed by atoms with Crippen LogP contribution in [0.1, 0.15) is 20.7 Å². The Balaban J connectivity index is 2.13. The van der Waals surface area contributed by atoms with Crippen molar-refractivity contribution in [3.05, 3.63) is 112 Å². The van der Waals surface area contributed by atoms with Gasteiger partial charge in [0.25, 0.3) is 11.4 Å². The maximum atomic E-state index is 13.0. The zero-order chi connectivity index (χ0) is 31.6. The molecule has 0 aliphatic rings. The maximum Gasteiger partial charge on any atom is 0.345 e. The fourth-order valence-electron chi connectivity index (χ4n) is 4.27. The third-order valence-corrected chi connectivity index (χ3v) is 7.18. The molecule has 0 radical (unpaired) electrons. The summed E-state index contributed by atoms with van der Waals surface area (Å²) in [5.41, 5.74) is -2.37. The van der Waals surface area contributed by atoms with E-state index in [2.05, 4.69) is 0 Å². The molecule has 4 aromatic rings. The number of nitro groups is 2. The van der Waals surface area contributed by atoms with E-state index in [1.165, 1.54) is 48.5 Å². The summed E-state index contributed by atoms with van der Waals surface area (Å²) >= 11 is 25.1. The molecule has 15 heteroatoms. The molecule has 0 saturated heterocycles. The van der Waals surface area contributed by atoms with Crippen molar-refractivity contribution in [2.75, 3.05) is 14.2 Å². The Kier molecular flexibility index (Phi) is 9.41. The number of esters is 2. The van der Waals surface area contributed by atoms with Crippen molar-refractivity contribution in [2.45, 2.75) is 0 Å². The molecule has 0 bridgehead atoms. The van der Waals surface area contributed by atoms with E-state index >= 15 is 0 Å². The number of nitrogens with zero attached hydrogens (tertiary/aromatic N) is 2. The van der Waals surface area contributed by atoms with Gasteiger partial charge in [-0.25, -0.2) is 9.59 Å². The quantitative estimate of drug-likeness (QED) is 0.102. The lowest BCUT2D eigenvalue weighted by atomic mass is 9.95. The predicted octanol–water partition coefficient (Wildman–Crippen LogP) is 8.82. The van der Waals surface area contributed by atoms with Gasteiger partial charge in [-0.2, -0.15) is 0 Å². The van der Waals surface area contributed by atoms with Crippen LogP contribution in [-0.2, 0) is 9.47 Å². The Bertz CT molecular complexity index is 1700. The van der Waals surface area contributed by atoms with Gasteiger partial charge in [-0.05, 0) is 36.4 Å². The van der Waals surface area contributed by atoms with E-state index in [9.17, 15) is 29.8 Å². The number of carbonyl (C=O) groups excluding carboxylic acids is 2. The highest BCUT2D eigenvalue weighted by Crippen LogP contribution is 2.48. The van der Waals surface area contributed by atoms with E-state index in [0.29, 0.717) is 0 Å². The summed E-state index contributed by atoms with van der Waals surface area (Å²) in [6.45, 7) is 0. The number of halogens is 4. The van der Waals surface area contributed by atoms with Crippen LogP contribution >= 0.6 is 46.4 Å². The number of ether oxygens (including phenoxy) is 3. The lowest BCUT2D eigenvalue weighted by Gasteiger charge is -2.19. The molecule has 0 amide bonds. The average Bonchev–Trinajstić information content (AvgIpc) is 2.96. The summed E-state index contributed by atoms with van der Waals surface area (Å²) in [5.74, 6) is -2.52. The van der Waals surface area contributed by atoms with Crippen LogP contribution in [0.15, 0.2) is 60.7 Å². The minimum Gasteiger partial charge on any atom is -0.465 e. The Hall–Kier alpha value is -4.42. The number of benzene rings is 4. The maximum absolute atomic E-state index is 13.0. The second kappa shape index (κ2) is 12.8. The standard InChI is InChI=1S/C28H16Cl4N2O9/c1-41-27(35)25-19(33(37)38)7-9-21(23(25)15-5-3-13(29)11-17(15)31)43-22-10-8-20(34(39)40)26(28(36)42-2)24(22)16-6-4-14(30)12-18(16)32/h3-12H,1-2H3. The highest BCUT2D eigenvalue weighted by Gasteiger charge is 2.33. The van der Waals surface area contributed by atoms with Crippen LogP contribution in [-0.4, -0.2) is 36.0 Å². The Labute approximate surface area is 262 Å². The molecule has 0 N–H and O–H groups in total. The molecule has 4 rings (SSSR count). The minimum atomic E-state index is -1.09. The fourth-order valence-corrected chi connectivity index (χ4v) is 5.28. The molecule has 220 valence electrons. The Morgan fingerprint density at radius 3 is 1.30 bits per heavy atom. The first kappa shape index (κ1) is 31.5. The molecular formula is C28H16Cl4N2O9. The van der Waals surface area contributed by atoms with Crippen LogP contribution in [0, 0.1) is 20.2 Å². The topological polar surface area (TPSA) is 148 Å². The molecule has 43 heavy (non-hydrogen) atoms. The fraction of sp³-hybridized carbons (Fsp3) is 0.0714. The van der Waals surface area contributed by atoms with Gasteiger partial charge in [-0.3, -0.25) is 20.2 Å². The molecule has 0 spiro atoms. The number of methoxy groups -OCH3 is 2. The van der Waals surface area contributed by atoms with Crippen molar-refractivity contribution in [1.29, 1.82) is 0 Å². The second-order valence-electron chi connectivity index (χ2n) is 8.51. The van der Waals surface area contributed by atoms with Crippen molar-refractivity contribution >= 4 is 69.7 Å². The van der Waals surface area contributed by atoms with Crippen molar-refractivity contribution in [1.82, 2.24) is 0 Å². The molecule has 0 fully saturated rings. The summed E-state index contributed by atoms with van der Waals surface area (Å²) < 4.78 is 15.9. The van der Waals surface area contributed by atoms with Gasteiger partial charge in [-0.15, -0.1) is 0 Å². The molecule has 0 heterocycles. The largest absolute Gasteiger partial charge is 0.465 e. The molecule has 0 saturated carbocycles. The number of nitro benzene ring substituents is 2. The Morgan fingerprint density at radius 2 is 1.00 bits per heavy atom. The number of rotatable bonds is 8. The first-order valence-corrected chi connectivity index (χ1v) is 13.3. The molecule has 11 nitrogen and oxygen atoms in total. The molecule has 0 aliphatic carbocycles. The van der Waals surface area contributed by atoms with E-state index in [1.54, 1.807) is 0 Å². The molecule has 0 aliphatic heterocycles. The first-order chi connectivity index (χ1) is 20.4. The molecule has 0 unspecified atom stereocenters. The van der Waals surface area contributed by atoms with Gasteiger partial charge in [0.1, 0.15) is 22.6 Å². The van der Waals surface area contributed by atoms with E-state index < -0.39 is 44.3 Å². The third kappa shape index (κ3) is 6.20. The SMILES string of the molecule is COC(=O)c1c([N+](=O)[O-])ccc(Oc2ccc([N+](=O)[O-])c(C(=O)OC)c2-c2ccc(Cl)cc2Cl)c1-c1ccc(Cl)cc1Cl. The highest BCUT2D eigenvalue weighted by molar-refractivity contribution is 6.37. The predicted molar refractivity (Wildman–Crippen MR) is 160 cm³/mol. The summed E-state index contributed by atoms with van der Waals surface area (Å²) in [4.78, 5) is 48.3. The molecule has 4 aromatic carbocycles. The van der Waals surface area contributed by atoms with Crippen molar-refractivity contribution < 1.29 is 33.6 Å². The Morgan fingerprint density at radius 1 is 0.628 bits per heavy atom. The molecule has 0 atom stereocenters. The van der Waals surface area contributed by atoms with E-state index in [0.717, 1.165) is 26.4 Å². The zero-order valence-corrected chi connectivity index (χ0v) is 24.9. The van der Waals surface area contributed by atoms with E-state index in [1.807, 2.05) is 0 Å². The lowest BCUT2D eigenvalue weighted by molar-refractivity contribution is -0.385. The third-order valence-electron chi connectivity index (χ3n) is 6.08. The van der Waals surface area contributed by atoms with Crippen LogP contribution in [0.5, 0.6) is 11.5 Å². The molecular weight excluding hydrogens is 650 g/mol. The van der Waals surface area contributed by atoms with Gasteiger partial charge in [-0.1, -0.05) is 58.5 Å². The summed E-state index contributed by atoms with van der Waals surface area (Å²) in [6, 6.07) is 12.8.